The second-order valence-corrected chi connectivity index (χ2v) is 7.35. The molecule has 0 saturated carbocycles. The van der Waals surface area contributed by atoms with Gasteiger partial charge >= 0.3 is 0 Å². The molecule has 0 heterocycles. The molecule has 0 aliphatic carbocycles. The van der Waals surface area contributed by atoms with E-state index in [-0.39, 0.29) is 16.4 Å². The highest BCUT2D eigenvalue weighted by atomic mass is 32.2. The first-order chi connectivity index (χ1) is 8.55. The summed E-state index contributed by atoms with van der Waals surface area (Å²) in [6, 6.07) is 4.78. The van der Waals surface area contributed by atoms with Gasteiger partial charge in [0.2, 0.25) is 10.0 Å². The van der Waals surface area contributed by atoms with E-state index in [1.807, 2.05) is 34.6 Å². The van der Waals surface area contributed by atoms with Crippen LogP contribution in [0.5, 0.6) is 5.75 Å². The van der Waals surface area contributed by atoms with Crippen molar-refractivity contribution in [1.82, 2.24) is 0 Å². The van der Waals surface area contributed by atoms with E-state index in [4.69, 9.17) is 9.88 Å². The summed E-state index contributed by atoms with van der Waals surface area (Å²) in [7, 11) is -3.69. The maximum atomic E-state index is 11.4. The second kappa shape index (κ2) is 5.51. The fourth-order valence-corrected chi connectivity index (χ4v) is 2.21. The van der Waals surface area contributed by atoms with Crippen molar-refractivity contribution in [2.45, 2.75) is 57.5 Å². The Morgan fingerprint density at radius 1 is 1.32 bits per heavy atom. The minimum atomic E-state index is -3.69. The molecule has 1 aromatic carbocycles. The van der Waals surface area contributed by atoms with Gasteiger partial charge in [0.1, 0.15) is 5.75 Å². The molecule has 0 aromatic heterocycles. The average molecular weight is 285 g/mol. The van der Waals surface area contributed by atoms with E-state index in [0.29, 0.717) is 5.75 Å². The van der Waals surface area contributed by atoms with Crippen molar-refractivity contribution in [2.24, 2.45) is 5.14 Å². The molecule has 0 bridgehead atoms. The summed E-state index contributed by atoms with van der Waals surface area (Å²) in [4.78, 5) is 0.119. The Hall–Kier alpha value is -1.07. The predicted molar refractivity (Wildman–Crippen MR) is 76.9 cm³/mol. The van der Waals surface area contributed by atoms with Gasteiger partial charge in [-0.3, -0.25) is 0 Å². The standard InChI is InChI=1S/C14H23NO3S/c1-6-10(2)18-13-8-7-11(19(15,16)17)9-12(13)14(3,4)5/h7-10H,6H2,1-5H3,(H2,15,16,17). The number of nitrogens with two attached hydrogens (primary N) is 1. The predicted octanol–water partition coefficient (Wildman–Crippen LogP) is 2.81. The molecule has 1 atom stereocenters. The number of primary sulfonamides is 1. The van der Waals surface area contributed by atoms with Crippen LogP contribution in [0.4, 0.5) is 0 Å². The Morgan fingerprint density at radius 3 is 2.32 bits per heavy atom. The average Bonchev–Trinajstić information content (AvgIpc) is 2.26. The van der Waals surface area contributed by atoms with Crippen molar-refractivity contribution >= 4 is 10.0 Å². The Balaban J connectivity index is 3.34. The van der Waals surface area contributed by atoms with Crippen LogP contribution in [0.15, 0.2) is 23.1 Å². The fraction of sp³-hybridized carbons (Fsp3) is 0.571. The van der Waals surface area contributed by atoms with Gasteiger partial charge in [0.25, 0.3) is 0 Å². The van der Waals surface area contributed by atoms with Gasteiger partial charge in [0, 0.05) is 5.56 Å². The lowest BCUT2D eigenvalue weighted by atomic mass is 9.86. The van der Waals surface area contributed by atoms with Gasteiger partial charge in [-0.25, -0.2) is 13.6 Å². The zero-order chi connectivity index (χ0) is 14.8. The first kappa shape index (κ1) is 16.0. The minimum absolute atomic E-state index is 0.0847. The number of ether oxygens (including phenoxy) is 1. The Labute approximate surface area is 116 Å². The van der Waals surface area contributed by atoms with Gasteiger partial charge in [-0.15, -0.1) is 0 Å². The van der Waals surface area contributed by atoms with Gasteiger partial charge in [0.05, 0.1) is 11.0 Å². The molecule has 108 valence electrons. The van der Waals surface area contributed by atoms with Crippen molar-refractivity contribution in [3.8, 4) is 5.75 Å². The third-order valence-corrected chi connectivity index (χ3v) is 3.90. The van der Waals surface area contributed by atoms with E-state index in [1.54, 1.807) is 12.1 Å². The molecule has 2 N–H and O–H groups in total. The zero-order valence-electron chi connectivity index (χ0n) is 12.2. The number of rotatable bonds is 4. The molecule has 1 rings (SSSR count). The van der Waals surface area contributed by atoms with Crippen LogP contribution in [0.2, 0.25) is 0 Å². The number of sulfonamides is 1. The number of hydrogen-bond donors (Lipinski definition) is 1. The highest BCUT2D eigenvalue weighted by Crippen LogP contribution is 2.33. The maximum Gasteiger partial charge on any atom is 0.238 e. The molecule has 19 heavy (non-hydrogen) atoms. The van der Waals surface area contributed by atoms with E-state index in [2.05, 4.69) is 0 Å². The molecule has 1 aromatic rings. The third-order valence-electron chi connectivity index (χ3n) is 2.99. The van der Waals surface area contributed by atoms with Crippen LogP contribution < -0.4 is 9.88 Å². The van der Waals surface area contributed by atoms with Crippen LogP contribution in [0.3, 0.4) is 0 Å². The van der Waals surface area contributed by atoms with Gasteiger partial charge in [-0.1, -0.05) is 27.7 Å². The molecule has 1 unspecified atom stereocenters. The topological polar surface area (TPSA) is 69.4 Å². The van der Waals surface area contributed by atoms with Gasteiger partial charge < -0.3 is 4.74 Å². The number of hydrogen-bond acceptors (Lipinski definition) is 3. The van der Waals surface area contributed by atoms with E-state index >= 15 is 0 Å². The largest absolute Gasteiger partial charge is 0.490 e. The first-order valence-corrected chi connectivity index (χ1v) is 7.94. The van der Waals surface area contributed by atoms with Gasteiger partial charge in [0.15, 0.2) is 0 Å². The van der Waals surface area contributed by atoms with E-state index in [9.17, 15) is 8.42 Å². The van der Waals surface area contributed by atoms with Crippen molar-refractivity contribution < 1.29 is 13.2 Å². The van der Waals surface area contributed by atoms with Crippen molar-refractivity contribution in [2.75, 3.05) is 0 Å². The Bertz CT molecular complexity index is 544. The van der Waals surface area contributed by atoms with Gasteiger partial charge in [-0.05, 0) is 37.0 Å². The SMILES string of the molecule is CCC(C)Oc1ccc(S(N)(=O)=O)cc1C(C)(C)C. The molecule has 0 radical (unpaired) electrons. The lowest BCUT2D eigenvalue weighted by molar-refractivity contribution is 0.212. The van der Waals surface area contributed by atoms with Crippen molar-refractivity contribution in [1.29, 1.82) is 0 Å². The Morgan fingerprint density at radius 2 is 1.89 bits per heavy atom. The molecule has 0 aliphatic heterocycles. The molecule has 0 spiro atoms. The quantitative estimate of drug-likeness (QED) is 0.924. The highest BCUT2D eigenvalue weighted by Gasteiger charge is 2.22. The third kappa shape index (κ3) is 4.21. The van der Waals surface area contributed by atoms with E-state index < -0.39 is 10.0 Å². The van der Waals surface area contributed by atoms with Crippen LogP contribution in [-0.4, -0.2) is 14.5 Å². The molecule has 5 heteroatoms. The zero-order valence-corrected chi connectivity index (χ0v) is 13.0. The smallest absolute Gasteiger partial charge is 0.238 e. The maximum absolute atomic E-state index is 11.4. The first-order valence-electron chi connectivity index (χ1n) is 6.39. The van der Waals surface area contributed by atoms with Gasteiger partial charge in [-0.2, -0.15) is 0 Å². The van der Waals surface area contributed by atoms with Crippen LogP contribution in [-0.2, 0) is 15.4 Å². The van der Waals surface area contributed by atoms with Crippen molar-refractivity contribution in [3.63, 3.8) is 0 Å². The van der Waals surface area contributed by atoms with E-state index in [1.165, 1.54) is 6.07 Å². The lowest BCUT2D eigenvalue weighted by Gasteiger charge is -2.25. The normalized spacial score (nSPS) is 14.2. The van der Waals surface area contributed by atoms with E-state index in [0.717, 1.165) is 12.0 Å². The molecule has 0 fully saturated rings. The molecule has 4 nitrogen and oxygen atoms in total. The summed E-state index contributed by atoms with van der Waals surface area (Å²) in [5, 5.41) is 5.18. The molecular weight excluding hydrogens is 262 g/mol. The summed E-state index contributed by atoms with van der Waals surface area (Å²) < 4.78 is 28.7. The van der Waals surface area contributed by atoms with Crippen LogP contribution in [0.1, 0.15) is 46.6 Å². The monoisotopic (exact) mass is 285 g/mol. The molecular formula is C14H23NO3S. The summed E-state index contributed by atoms with van der Waals surface area (Å²) in [5.41, 5.74) is 0.628. The Kier molecular flexibility index (Phi) is 4.63. The summed E-state index contributed by atoms with van der Waals surface area (Å²) in [5.74, 6) is 0.717. The van der Waals surface area contributed by atoms with Crippen LogP contribution in [0.25, 0.3) is 0 Å². The van der Waals surface area contributed by atoms with Crippen molar-refractivity contribution in [3.05, 3.63) is 23.8 Å². The molecule has 0 saturated heterocycles. The lowest BCUT2D eigenvalue weighted by Crippen LogP contribution is -2.19. The second-order valence-electron chi connectivity index (χ2n) is 5.79. The fourth-order valence-electron chi connectivity index (χ4n) is 1.68. The van der Waals surface area contributed by atoms with Crippen LogP contribution in [0, 0.1) is 0 Å². The summed E-state index contributed by atoms with van der Waals surface area (Å²) >= 11 is 0. The molecule has 0 aliphatic rings. The van der Waals surface area contributed by atoms with Crippen LogP contribution >= 0.6 is 0 Å². The minimum Gasteiger partial charge on any atom is -0.490 e. The molecule has 0 amide bonds. The number of benzene rings is 1. The highest BCUT2D eigenvalue weighted by molar-refractivity contribution is 7.89. The summed E-state index contributed by atoms with van der Waals surface area (Å²) in [6.45, 7) is 10.1. The summed E-state index contributed by atoms with van der Waals surface area (Å²) in [6.07, 6.45) is 0.974.